The van der Waals surface area contributed by atoms with Gasteiger partial charge in [0.05, 0.1) is 5.92 Å². The molecule has 0 saturated heterocycles. The molecule has 3 nitrogen and oxygen atoms in total. The van der Waals surface area contributed by atoms with Gasteiger partial charge in [0, 0.05) is 19.3 Å². The zero-order valence-corrected chi connectivity index (χ0v) is 8.95. The molecule has 0 amide bonds. The Morgan fingerprint density at radius 3 is 2.93 bits per heavy atom. The first-order valence-electron chi connectivity index (χ1n) is 5.38. The highest BCUT2D eigenvalue weighted by Crippen LogP contribution is 2.30. The summed E-state index contributed by atoms with van der Waals surface area (Å²) >= 11 is 0. The zero-order chi connectivity index (χ0) is 11.3. The molecular formula is C12H16O3. The van der Waals surface area contributed by atoms with Crippen molar-refractivity contribution in [1.82, 2.24) is 0 Å². The summed E-state index contributed by atoms with van der Waals surface area (Å²) in [6, 6.07) is 0. The van der Waals surface area contributed by atoms with E-state index in [1.807, 2.05) is 6.92 Å². The molecular weight excluding hydrogens is 192 g/mol. The Bertz CT molecular complexity index is 309. The molecule has 1 N–H and O–H groups in total. The molecule has 1 rings (SSSR count). The van der Waals surface area contributed by atoms with Gasteiger partial charge in [-0.05, 0) is 18.8 Å². The van der Waals surface area contributed by atoms with Gasteiger partial charge < -0.3 is 5.11 Å². The Labute approximate surface area is 89.9 Å². The van der Waals surface area contributed by atoms with Gasteiger partial charge in [0.1, 0.15) is 5.78 Å². The third kappa shape index (κ3) is 3.39. The summed E-state index contributed by atoms with van der Waals surface area (Å²) in [4.78, 5) is 22.0. The first-order chi connectivity index (χ1) is 7.15. The lowest BCUT2D eigenvalue weighted by atomic mass is 9.93. The molecule has 2 unspecified atom stereocenters. The number of carbonyl (C=O) groups excluding carboxylic acids is 1. The van der Waals surface area contributed by atoms with E-state index in [0.717, 1.165) is 12.8 Å². The van der Waals surface area contributed by atoms with Crippen LogP contribution < -0.4 is 0 Å². The van der Waals surface area contributed by atoms with Crippen LogP contribution in [-0.2, 0) is 9.59 Å². The fourth-order valence-corrected chi connectivity index (χ4v) is 1.86. The smallest absolute Gasteiger partial charge is 0.303 e. The van der Waals surface area contributed by atoms with Crippen LogP contribution in [0.25, 0.3) is 0 Å². The van der Waals surface area contributed by atoms with E-state index in [9.17, 15) is 9.59 Å². The van der Waals surface area contributed by atoms with Gasteiger partial charge >= 0.3 is 5.97 Å². The average Bonchev–Trinajstić information content (AvgIpc) is 2.49. The fourth-order valence-electron chi connectivity index (χ4n) is 1.86. The molecule has 15 heavy (non-hydrogen) atoms. The van der Waals surface area contributed by atoms with Crippen LogP contribution in [-0.4, -0.2) is 16.9 Å². The predicted octanol–water partition coefficient (Wildman–Crippen LogP) is 1.86. The van der Waals surface area contributed by atoms with Gasteiger partial charge in [0.2, 0.25) is 0 Å². The Morgan fingerprint density at radius 1 is 1.60 bits per heavy atom. The monoisotopic (exact) mass is 208 g/mol. The molecule has 0 heterocycles. The van der Waals surface area contributed by atoms with E-state index in [1.165, 1.54) is 0 Å². The van der Waals surface area contributed by atoms with Crippen molar-refractivity contribution in [3.05, 3.63) is 0 Å². The molecule has 1 aliphatic rings. The number of unbranched alkanes of at least 4 members (excludes halogenated alkanes) is 1. The Kier molecular flexibility index (Phi) is 4.36. The number of carboxylic acids is 1. The van der Waals surface area contributed by atoms with Gasteiger partial charge in [0.25, 0.3) is 0 Å². The van der Waals surface area contributed by atoms with Gasteiger partial charge in [-0.25, -0.2) is 0 Å². The Morgan fingerprint density at radius 2 is 2.33 bits per heavy atom. The van der Waals surface area contributed by atoms with Crippen molar-refractivity contribution >= 4 is 11.8 Å². The molecule has 1 saturated carbocycles. The highest BCUT2D eigenvalue weighted by Gasteiger charge is 2.34. The lowest BCUT2D eigenvalue weighted by Crippen LogP contribution is -2.16. The molecule has 0 spiro atoms. The summed E-state index contributed by atoms with van der Waals surface area (Å²) in [6.07, 6.45) is 2.98. The topological polar surface area (TPSA) is 54.4 Å². The number of hydrogen-bond donors (Lipinski definition) is 1. The zero-order valence-electron chi connectivity index (χ0n) is 8.95. The van der Waals surface area contributed by atoms with Gasteiger partial charge in [0.15, 0.2) is 0 Å². The van der Waals surface area contributed by atoms with Crippen molar-refractivity contribution in [2.45, 2.75) is 39.0 Å². The van der Waals surface area contributed by atoms with Crippen LogP contribution in [0.5, 0.6) is 0 Å². The van der Waals surface area contributed by atoms with Crippen molar-refractivity contribution in [2.24, 2.45) is 11.8 Å². The van der Waals surface area contributed by atoms with Gasteiger partial charge in [-0.1, -0.05) is 12.8 Å². The molecule has 0 bridgehead atoms. The summed E-state index contributed by atoms with van der Waals surface area (Å²) in [7, 11) is 0. The van der Waals surface area contributed by atoms with Crippen LogP contribution in [0.3, 0.4) is 0 Å². The molecule has 82 valence electrons. The number of rotatable bonds is 3. The van der Waals surface area contributed by atoms with E-state index >= 15 is 0 Å². The highest BCUT2D eigenvalue weighted by atomic mass is 16.4. The van der Waals surface area contributed by atoms with Crippen molar-refractivity contribution in [2.75, 3.05) is 0 Å². The second-order valence-electron chi connectivity index (χ2n) is 3.91. The normalized spacial score (nSPS) is 24.7. The number of carboxylic acid groups (broad SMARTS) is 1. The third-order valence-electron chi connectivity index (χ3n) is 2.65. The quantitative estimate of drug-likeness (QED) is 0.720. The van der Waals surface area contributed by atoms with E-state index in [1.54, 1.807) is 0 Å². The first kappa shape index (κ1) is 11.8. The summed E-state index contributed by atoms with van der Waals surface area (Å²) < 4.78 is 0. The summed E-state index contributed by atoms with van der Waals surface area (Å²) in [5.74, 6) is 4.75. The number of aliphatic carboxylic acids is 1. The summed E-state index contributed by atoms with van der Waals surface area (Å²) in [5.41, 5.74) is 0. The van der Waals surface area contributed by atoms with Gasteiger partial charge in [-0.3, -0.25) is 9.59 Å². The van der Waals surface area contributed by atoms with Gasteiger partial charge in [-0.2, -0.15) is 0 Å². The van der Waals surface area contributed by atoms with E-state index < -0.39 is 5.97 Å². The average molecular weight is 208 g/mol. The lowest BCUT2D eigenvalue weighted by molar-refractivity contribution is -0.138. The minimum atomic E-state index is -0.836. The van der Waals surface area contributed by atoms with Crippen molar-refractivity contribution in [3.63, 3.8) is 0 Å². The number of Topliss-reactive ketones (excluding diaryl/α,β-unsaturated/α-hetero) is 1. The number of hydrogen-bond acceptors (Lipinski definition) is 2. The molecule has 0 aromatic heterocycles. The van der Waals surface area contributed by atoms with Crippen molar-refractivity contribution in [3.8, 4) is 11.8 Å². The Hall–Kier alpha value is -1.30. The van der Waals surface area contributed by atoms with Crippen LogP contribution in [0.2, 0.25) is 0 Å². The maximum atomic E-state index is 11.5. The third-order valence-corrected chi connectivity index (χ3v) is 2.65. The largest absolute Gasteiger partial charge is 0.481 e. The second kappa shape index (κ2) is 5.55. The molecule has 2 atom stereocenters. The van der Waals surface area contributed by atoms with Crippen LogP contribution in [0.1, 0.15) is 39.0 Å². The van der Waals surface area contributed by atoms with E-state index in [4.69, 9.17) is 5.11 Å². The maximum Gasteiger partial charge on any atom is 0.303 e. The maximum absolute atomic E-state index is 11.5. The standard InChI is InChI=1S/C12H16O3/c1-2-3-4-5-10-9(8-12(14)15)6-7-11(10)13/h9-10H,2-3,6-8H2,1H3,(H,14,15). The Balaban J connectivity index is 2.61. The predicted molar refractivity (Wildman–Crippen MR) is 56.2 cm³/mol. The van der Waals surface area contributed by atoms with Crippen molar-refractivity contribution in [1.29, 1.82) is 0 Å². The number of carbonyl (C=O) groups is 2. The molecule has 0 aliphatic heterocycles. The number of ketones is 1. The fraction of sp³-hybridized carbons (Fsp3) is 0.667. The van der Waals surface area contributed by atoms with E-state index in [0.29, 0.717) is 12.8 Å². The lowest BCUT2D eigenvalue weighted by Gasteiger charge is -2.09. The molecule has 0 radical (unpaired) electrons. The highest BCUT2D eigenvalue weighted by molar-refractivity contribution is 5.87. The summed E-state index contributed by atoms with van der Waals surface area (Å²) in [5, 5.41) is 8.69. The van der Waals surface area contributed by atoms with Crippen LogP contribution >= 0.6 is 0 Å². The van der Waals surface area contributed by atoms with Crippen LogP contribution in [0.4, 0.5) is 0 Å². The van der Waals surface area contributed by atoms with Crippen molar-refractivity contribution < 1.29 is 14.7 Å². The minimum absolute atomic E-state index is 0.0667. The van der Waals surface area contributed by atoms with Gasteiger partial charge in [-0.15, -0.1) is 5.92 Å². The van der Waals surface area contributed by atoms with Crippen LogP contribution in [0, 0.1) is 23.7 Å². The van der Waals surface area contributed by atoms with E-state index in [2.05, 4.69) is 11.8 Å². The van der Waals surface area contributed by atoms with Crippen LogP contribution in [0.15, 0.2) is 0 Å². The SMILES string of the molecule is CCCC#CC1C(=O)CCC1CC(=O)O. The minimum Gasteiger partial charge on any atom is -0.481 e. The molecule has 1 fully saturated rings. The summed E-state index contributed by atoms with van der Waals surface area (Å²) in [6.45, 7) is 2.03. The molecule has 3 heteroatoms. The second-order valence-corrected chi connectivity index (χ2v) is 3.91. The first-order valence-corrected chi connectivity index (χ1v) is 5.38. The molecule has 0 aromatic carbocycles. The molecule has 1 aliphatic carbocycles. The molecule has 0 aromatic rings. The van der Waals surface area contributed by atoms with E-state index in [-0.39, 0.29) is 24.0 Å².